The second kappa shape index (κ2) is 7.03. The Morgan fingerprint density at radius 3 is 2.46 bits per heavy atom. The van der Waals surface area contributed by atoms with Crippen LogP contribution < -0.4 is 5.32 Å². The summed E-state index contributed by atoms with van der Waals surface area (Å²) in [5, 5.41) is 2.85. The van der Waals surface area contributed by atoms with Gasteiger partial charge in [0.2, 0.25) is 0 Å². The van der Waals surface area contributed by atoms with E-state index in [9.17, 15) is 14.4 Å². The highest BCUT2D eigenvalue weighted by molar-refractivity contribution is 6.21. The molecule has 1 atom stereocenters. The van der Waals surface area contributed by atoms with Crippen molar-refractivity contribution in [2.75, 3.05) is 19.6 Å². The van der Waals surface area contributed by atoms with Crippen LogP contribution in [0.5, 0.6) is 0 Å². The summed E-state index contributed by atoms with van der Waals surface area (Å²) in [4.78, 5) is 40.0. The molecule has 2 heterocycles. The van der Waals surface area contributed by atoms with Crippen molar-refractivity contribution in [3.63, 3.8) is 0 Å². The summed E-state index contributed by atoms with van der Waals surface area (Å²) in [7, 11) is 0. The van der Waals surface area contributed by atoms with Crippen molar-refractivity contribution in [3.8, 4) is 0 Å². The number of carbonyl (C=O) groups excluding carboxylic acids is 3. The Hall–Kier alpha value is -2.37. The topological polar surface area (TPSA) is 69.7 Å². The van der Waals surface area contributed by atoms with Gasteiger partial charge in [0, 0.05) is 25.7 Å². The Morgan fingerprint density at radius 1 is 1.17 bits per heavy atom. The largest absolute Gasteiger partial charge is 0.336 e. The maximum absolute atomic E-state index is 12.3. The van der Waals surface area contributed by atoms with Gasteiger partial charge in [0.05, 0.1) is 11.1 Å². The molecule has 1 unspecified atom stereocenters. The van der Waals surface area contributed by atoms with Gasteiger partial charge in [0.25, 0.3) is 11.8 Å². The standard InChI is InChI=1S/C18H23N3O3/c1-2-13-7-5-6-11-20(13)18(24)19-10-12-21-16(22)14-8-3-4-9-15(14)17(21)23/h3-4,8-9,13H,2,5-7,10-12H2,1H3,(H,19,24). The van der Waals surface area contributed by atoms with E-state index in [0.717, 1.165) is 32.2 Å². The number of urea groups is 1. The molecule has 1 aromatic carbocycles. The Balaban J connectivity index is 1.55. The summed E-state index contributed by atoms with van der Waals surface area (Å²) in [5.74, 6) is -0.566. The number of hydrogen-bond donors (Lipinski definition) is 1. The second-order valence-electron chi connectivity index (χ2n) is 6.29. The maximum atomic E-state index is 12.3. The van der Waals surface area contributed by atoms with E-state index in [1.165, 1.54) is 4.90 Å². The van der Waals surface area contributed by atoms with Crippen LogP contribution in [0.2, 0.25) is 0 Å². The van der Waals surface area contributed by atoms with E-state index in [1.807, 2.05) is 4.90 Å². The van der Waals surface area contributed by atoms with Gasteiger partial charge >= 0.3 is 6.03 Å². The Kier molecular flexibility index (Phi) is 4.83. The van der Waals surface area contributed by atoms with Gasteiger partial charge in [0.1, 0.15) is 0 Å². The molecule has 4 amide bonds. The molecule has 6 heteroatoms. The highest BCUT2D eigenvalue weighted by Gasteiger charge is 2.34. The highest BCUT2D eigenvalue weighted by atomic mass is 16.2. The first-order chi connectivity index (χ1) is 11.6. The predicted molar refractivity (Wildman–Crippen MR) is 89.8 cm³/mol. The SMILES string of the molecule is CCC1CCCCN1C(=O)NCCN1C(=O)c2ccccc2C1=O. The lowest BCUT2D eigenvalue weighted by molar-refractivity contribution is 0.0654. The molecule has 0 spiro atoms. The minimum absolute atomic E-state index is 0.0989. The zero-order chi connectivity index (χ0) is 17.1. The zero-order valence-corrected chi connectivity index (χ0v) is 14.0. The molecule has 0 aromatic heterocycles. The van der Waals surface area contributed by atoms with E-state index >= 15 is 0 Å². The monoisotopic (exact) mass is 329 g/mol. The van der Waals surface area contributed by atoms with Gasteiger partial charge in [-0.25, -0.2) is 4.79 Å². The van der Waals surface area contributed by atoms with Gasteiger partial charge in [-0.05, 0) is 37.8 Å². The number of hydrogen-bond acceptors (Lipinski definition) is 3. The molecule has 2 aliphatic heterocycles. The van der Waals surface area contributed by atoms with Crippen LogP contribution in [-0.4, -0.2) is 53.3 Å². The smallest absolute Gasteiger partial charge is 0.317 e. The van der Waals surface area contributed by atoms with Crippen LogP contribution in [-0.2, 0) is 0 Å². The molecular weight excluding hydrogens is 306 g/mol. The lowest BCUT2D eigenvalue weighted by atomic mass is 10.0. The third-order valence-electron chi connectivity index (χ3n) is 4.85. The molecule has 2 aliphatic rings. The molecule has 0 radical (unpaired) electrons. The molecule has 1 aromatic rings. The summed E-state index contributed by atoms with van der Waals surface area (Å²) >= 11 is 0. The minimum Gasteiger partial charge on any atom is -0.336 e. The van der Waals surface area contributed by atoms with Crippen LogP contribution in [0.1, 0.15) is 53.3 Å². The first-order valence-electron chi connectivity index (χ1n) is 8.63. The fourth-order valence-electron chi connectivity index (χ4n) is 3.51. The number of imide groups is 1. The van der Waals surface area contributed by atoms with Crippen LogP contribution in [0.25, 0.3) is 0 Å². The van der Waals surface area contributed by atoms with Crippen molar-refractivity contribution in [2.45, 2.75) is 38.6 Å². The lowest BCUT2D eigenvalue weighted by Gasteiger charge is -2.35. The molecule has 6 nitrogen and oxygen atoms in total. The number of rotatable bonds is 4. The van der Waals surface area contributed by atoms with Crippen LogP contribution in [0.4, 0.5) is 4.79 Å². The minimum atomic E-state index is -0.283. The van der Waals surface area contributed by atoms with Crippen LogP contribution in [0.15, 0.2) is 24.3 Å². The van der Waals surface area contributed by atoms with Gasteiger partial charge in [0.15, 0.2) is 0 Å². The van der Waals surface area contributed by atoms with E-state index in [1.54, 1.807) is 24.3 Å². The number of nitrogens with one attached hydrogen (secondary N) is 1. The van der Waals surface area contributed by atoms with E-state index < -0.39 is 0 Å². The molecule has 3 rings (SSSR count). The Labute approximate surface area is 141 Å². The van der Waals surface area contributed by atoms with Crippen molar-refractivity contribution in [1.82, 2.24) is 15.1 Å². The average Bonchev–Trinajstić information content (AvgIpc) is 2.86. The molecule has 1 saturated heterocycles. The molecule has 128 valence electrons. The van der Waals surface area contributed by atoms with Crippen molar-refractivity contribution >= 4 is 17.8 Å². The van der Waals surface area contributed by atoms with E-state index in [-0.39, 0.29) is 37.0 Å². The van der Waals surface area contributed by atoms with Crippen LogP contribution >= 0.6 is 0 Å². The third-order valence-corrected chi connectivity index (χ3v) is 4.85. The lowest BCUT2D eigenvalue weighted by Crippen LogP contribution is -2.50. The molecule has 1 fully saturated rings. The number of benzene rings is 1. The number of amides is 4. The molecule has 0 bridgehead atoms. The summed E-state index contributed by atoms with van der Waals surface area (Å²) in [6.45, 7) is 3.34. The fourth-order valence-corrected chi connectivity index (χ4v) is 3.51. The van der Waals surface area contributed by atoms with Crippen molar-refractivity contribution in [2.24, 2.45) is 0 Å². The molecule has 0 aliphatic carbocycles. The summed E-state index contributed by atoms with van der Waals surface area (Å²) in [6, 6.07) is 7.00. The normalized spacial score (nSPS) is 20.3. The van der Waals surface area contributed by atoms with Gasteiger partial charge in [-0.2, -0.15) is 0 Å². The molecular formula is C18H23N3O3. The average molecular weight is 329 g/mol. The van der Waals surface area contributed by atoms with Crippen LogP contribution in [0.3, 0.4) is 0 Å². The van der Waals surface area contributed by atoms with Crippen LogP contribution in [0, 0.1) is 0 Å². The Bertz CT molecular complexity index is 624. The third kappa shape index (κ3) is 3.00. The molecule has 0 saturated carbocycles. The van der Waals surface area contributed by atoms with Crippen molar-refractivity contribution < 1.29 is 14.4 Å². The fraction of sp³-hybridized carbons (Fsp3) is 0.500. The summed E-state index contributed by atoms with van der Waals surface area (Å²) < 4.78 is 0. The Morgan fingerprint density at radius 2 is 1.83 bits per heavy atom. The maximum Gasteiger partial charge on any atom is 0.317 e. The van der Waals surface area contributed by atoms with Gasteiger partial charge in [-0.3, -0.25) is 14.5 Å². The molecule has 24 heavy (non-hydrogen) atoms. The zero-order valence-electron chi connectivity index (χ0n) is 14.0. The highest BCUT2D eigenvalue weighted by Crippen LogP contribution is 2.22. The first kappa shape index (κ1) is 16.5. The number of likely N-dealkylation sites (tertiary alicyclic amines) is 1. The van der Waals surface area contributed by atoms with Gasteiger partial charge < -0.3 is 10.2 Å². The van der Waals surface area contributed by atoms with E-state index in [0.29, 0.717) is 11.1 Å². The quantitative estimate of drug-likeness (QED) is 0.862. The number of carbonyl (C=O) groups is 3. The van der Waals surface area contributed by atoms with E-state index in [2.05, 4.69) is 12.2 Å². The first-order valence-corrected chi connectivity index (χ1v) is 8.63. The second-order valence-corrected chi connectivity index (χ2v) is 6.29. The predicted octanol–water partition coefficient (Wildman–Crippen LogP) is 2.26. The number of nitrogens with zero attached hydrogens (tertiary/aromatic N) is 2. The van der Waals surface area contributed by atoms with Gasteiger partial charge in [-0.1, -0.05) is 19.1 Å². The van der Waals surface area contributed by atoms with Gasteiger partial charge in [-0.15, -0.1) is 0 Å². The number of piperidine rings is 1. The van der Waals surface area contributed by atoms with Crippen molar-refractivity contribution in [3.05, 3.63) is 35.4 Å². The number of fused-ring (bicyclic) bond motifs is 1. The summed E-state index contributed by atoms with van der Waals surface area (Å²) in [5.41, 5.74) is 0.881. The van der Waals surface area contributed by atoms with E-state index in [4.69, 9.17) is 0 Å². The van der Waals surface area contributed by atoms with Crippen molar-refractivity contribution in [1.29, 1.82) is 0 Å². The molecule has 1 N–H and O–H groups in total. The summed E-state index contributed by atoms with van der Waals surface area (Å²) in [6.07, 6.45) is 4.19.